The molecule has 0 saturated carbocycles. The molecule has 1 heterocycles. The lowest BCUT2D eigenvalue weighted by molar-refractivity contribution is -0.152. The number of hydrogen-bond donors (Lipinski definition) is 0. The van der Waals surface area contributed by atoms with Crippen molar-refractivity contribution in [2.24, 2.45) is 23.7 Å². The number of amides is 1. The summed E-state index contributed by atoms with van der Waals surface area (Å²) in [5.41, 5.74) is 0.878. The minimum absolute atomic E-state index is 0.0604. The number of benzene rings is 1. The molecular weight excluding hydrogens is 358 g/mol. The van der Waals surface area contributed by atoms with Crippen molar-refractivity contribution in [1.82, 2.24) is 4.90 Å². The Morgan fingerprint density at radius 2 is 1.86 bits per heavy atom. The van der Waals surface area contributed by atoms with Gasteiger partial charge in [-0.25, -0.2) is 0 Å². The number of hydrogen-bond acceptors (Lipinski definition) is 5. The van der Waals surface area contributed by atoms with Crippen LogP contribution in [0.25, 0.3) is 0 Å². The summed E-state index contributed by atoms with van der Waals surface area (Å²) in [7, 11) is 3.17. The molecule has 1 fully saturated rings. The van der Waals surface area contributed by atoms with Crippen LogP contribution in [0.1, 0.15) is 19.4 Å². The fourth-order valence-electron chi connectivity index (χ4n) is 4.37. The third kappa shape index (κ3) is 4.01. The number of likely N-dealkylation sites (tertiary alicyclic amines) is 1. The van der Waals surface area contributed by atoms with Crippen molar-refractivity contribution in [1.29, 1.82) is 0 Å². The lowest BCUT2D eigenvalue weighted by atomic mass is 9.72. The van der Waals surface area contributed by atoms with Crippen LogP contribution in [0.5, 0.6) is 11.5 Å². The van der Waals surface area contributed by atoms with Crippen molar-refractivity contribution in [3.05, 3.63) is 35.9 Å². The Bertz CT molecular complexity index is 759. The van der Waals surface area contributed by atoms with Gasteiger partial charge in [0, 0.05) is 13.1 Å². The molecule has 0 bridgehead atoms. The van der Waals surface area contributed by atoms with Crippen LogP contribution < -0.4 is 9.47 Å². The molecule has 2 aliphatic rings. The second kappa shape index (κ2) is 8.67. The molecule has 0 aromatic heterocycles. The summed E-state index contributed by atoms with van der Waals surface area (Å²) in [5.74, 6) is 1.43. The summed E-state index contributed by atoms with van der Waals surface area (Å²) in [6.45, 7) is 5.49. The van der Waals surface area contributed by atoms with Crippen LogP contribution >= 0.6 is 0 Å². The summed E-state index contributed by atoms with van der Waals surface area (Å²) < 4.78 is 15.9. The average molecular weight is 387 g/mol. The van der Waals surface area contributed by atoms with Gasteiger partial charge in [-0.1, -0.05) is 25.1 Å². The minimum atomic E-state index is -0.186. The fourth-order valence-corrected chi connectivity index (χ4v) is 4.37. The standard InChI is InChI=1S/C22H29NO5/c1-5-28-22(25)21-14(2)6-8-16-12-23(13-17(16)21)20(24)11-15-7-9-18(26-3)19(10-15)27-4/h6-10,14,16-17,21H,5,11-13H2,1-4H3/t14-,16-,17+,21+/m0/s1. The van der Waals surface area contributed by atoms with E-state index in [9.17, 15) is 9.59 Å². The van der Waals surface area contributed by atoms with Gasteiger partial charge in [0.05, 0.1) is 33.2 Å². The second-order valence-corrected chi connectivity index (χ2v) is 7.51. The predicted molar refractivity (Wildman–Crippen MR) is 105 cm³/mol. The molecule has 3 rings (SSSR count). The van der Waals surface area contributed by atoms with E-state index >= 15 is 0 Å². The van der Waals surface area contributed by atoms with Crippen molar-refractivity contribution in [2.45, 2.75) is 20.3 Å². The normalized spacial score (nSPS) is 25.9. The number of rotatable bonds is 6. The molecule has 0 spiro atoms. The monoisotopic (exact) mass is 387 g/mol. The predicted octanol–water partition coefficient (Wildman–Crippen LogP) is 2.71. The van der Waals surface area contributed by atoms with E-state index < -0.39 is 0 Å². The summed E-state index contributed by atoms with van der Waals surface area (Å²) in [5, 5.41) is 0. The van der Waals surface area contributed by atoms with Gasteiger partial charge in [-0.3, -0.25) is 9.59 Å². The van der Waals surface area contributed by atoms with Crippen LogP contribution in [0.4, 0.5) is 0 Å². The van der Waals surface area contributed by atoms with Gasteiger partial charge in [-0.05, 0) is 42.4 Å². The molecular formula is C22H29NO5. The van der Waals surface area contributed by atoms with E-state index in [-0.39, 0.29) is 35.5 Å². The molecule has 4 atom stereocenters. The SMILES string of the molecule is CCOC(=O)[C@H]1[C@@H]2CN(C(=O)Cc3ccc(OC)c(OC)c3)C[C@@H]2C=C[C@@H]1C. The molecule has 1 aromatic rings. The zero-order chi connectivity index (χ0) is 20.3. The number of ether oxygens (including phenoxy) is 3. The van der Waals surface area contributed by atoms with Crippen molar-refractivity contribution < 1.29 is 23.8 Å². The Balaban J connectivity index is 1.70. The van der Waals surface area contributed by atoms with Crippen LogP contribution in [0.3, 0.4) is 0 Å². The van der Waals surface area contributed by atoms with Crippen molar-refractivity contribution in [3.8, 4) is 11.5 Å². The van der Waals surface area contributed by atoms with Crippen LogP contribution in [-0.4, -0.2) is 50.7 Å². The van der Waals surface area contributed by atoms with E-state index in [0.717, 1.165) is 5.56 Å². The van der Waals surface area contributed by atoms with Gasteiger partial charge in [0.25, 0.3) is 0 Å². The molecule has 0 unspecified atom stereocenters. The number of carbonyl (C=O) groups is 2. The molecule has 1 saturated heterocycles. The second-order valence-electron chi connectivity index (χ2n) is 7.51. The quantitative estimate of drug-likeness (QED) is 0.555. The first-order valence-electron chi connectivity index (χ1n) is 9.82. The van der Waals surface area contributed by atoms with E-state index in [1.807, 2.05) is 36.9 Å². The first-order valence-corrected chi connectivity index (χ1v) is 9.82. The number of nitrogens with zero attached hydrogens (tertiary/aromatic N) is 1. The van der Waals surface area contributed by atoms with Gasteiger partial charge in [0.2, 0.25) is 5.91 Å². The van der Waals surface area contributed by atoms with Gasteiger partial charge in [0.1, 0.15) is 0 Å². The molecule has 1 aromatic carbocycles. The highest BCUT2D eigenvalue weighted by molar-refractivity contribution is 5.80. The van der Waals surface area contributed by atoms with Crippen molar-refractivity contribution >= 4 is 11.9 Å². The van der Waals surface area contributed by atoms with Crippen LogP contribution in [0, 0.1) is 23.7 Å². The number of methoxy groups -OCH3 is 2. The van der Waals surface area contributed by atoms with E-state index in [0.29, 0.717) is 37.6 Å². The Morgan fingerprint density at radius 1 is 1.11 bits per heavy atom. The molecule has 6 nitrogen and oxygen atoms in total. The molecule has 6 heteroatoms. The van der Waals surface area contributed by atoms with Gasteiger partial charge >= 0.3 is 5.97 Å². The van der Waals surface area contributed by atoms with Gasteiger partial charge < -0.3 is 19.1 Å². The highest BCUT2D eigenvalue weighted by Gasteiger charge is 2.45. The fraction of sp³-hybridized carbons (Fsp3) is 0.545. The lowest BCUT2D eigenvalue weighted by Crippen LogP contribution is -2.37. The maximum Gasteiger partial charge on any atom is 0.309 e. The van der Waals surface area contributed by atoms with Gasteiger partial charge in [0.15, 0.2) is 11.5 Å². The number of esters is 1. The Labute approximate surface area is 166 Å². The third-order valence-electron chi connectivity index (χ3n) is 5.82. The summed E-state index contributed by atoms with van der Waals surface area (Å²) in [4.78, 5) is 27.2. The molecule has 28 heavy (non-hydrogen) atoms. The molecule has 0 radical (unpaired) electrons. The molecule has 1 aliphatic heterocycles. The van der Waals surface area contributed by atoms with Gasteiger partial charge in [-0.2, -0.15) is 0 Å². The Hall–Kier alpha value is -2.50. The maximum absolute atomic E-state index is 12.9. The third-order valence-corrected chi connectivity index (χ3v) is 5.82. The van der Waals surface area contributed by atoms with E-state index in [1.165, 1.54) is 0 Å². The maximum atomic E-state index is 12.9. The number of carbonyl (C=O) groups excluding carboxylic acids is 2. The largest absolute Gasteiger partial charge is 0.493 e. The number of fused-ring (bicyclic) bond motifs is 1. The first kappa shape index (κ1) is 20.2. The summed E-state index contributed by atoms with van der Waals surface area (Å²) in [6, 6.07) is 5.53. The minimum Gasteiger partial charge on any atom is -0.493 e. The lowest BCUT2D eigenvalue weighted by Gasteiger charge is -2.31. The summed E-state index contributed by atoms with van der Waals surface area (Å²) in [6.07, 6.45) is 4.54. The first-order chi connectivity index (χ1) is 13.5. The molecule has 1 aliphatic carbocycles. The topological polar surface area (TPSA) is 65.1 Å². The van der Waals surface area contributed by atoms with Crippen molar-refractivity contribution in [3.63, 3.8) is 0 Å². The number of allylic oxidation sites excluding steroid dienone is 1. The smallest absolute Gasteiger partial charge is 0.309 e. The van der Waals surface area contributed by atoms with Crippen LogP contribution in [0.2, 0.25) is 0 Å². The van der Waals surface area contributed by atoms with Crippen LogP contribution in [-0.2, 0) is 20.7 Å². The van der Waals surface area contributed by atoms with E-state index in [1.54, 1.807) is 14.2 Å². The highest BCUT2D eigenvalue weighted by atomic mass is 16.5. The summed E-state index contributed by atoms with van der Waals surface area (Å²) >= 11 is 0. The Morgan fingerprint density at radius 3 is 2.54 bits per heavy atom. The average Bonchev–Trinajstić information content (AvgIpc) is 3.12. The molecule has 152 valence electrons. The van der Waals surface area contributed by atoms with E-state index in [4.69, 9.17) is 14.2 Å². The molecule has 0 N–H and O–H groups in total. The zero-order valence-corrected chi connectivity index (χ0v) is 17.0. The molecule has 1 amide bonds. The van der Waals surface area contributed by atoms with Gasteiger partial charge in [-0.15, -0.1) is 0 Å². The van der Waals surface area contributed by atoms with E-state index in [2.05, 4.69) is 12.2 Å². The van der Waals surface area contributed by atoms with Crippen molar-refractivity contribution in [2.75, 3.05) is 33.9 Å². The zero-order valence-electron chi connectivity index (χ0n) is 17.0. The highest BCUT2D eigenvalue weighted by Crippen LogP contribution is 2.40. The van der Waals surface area contributed by atoms with Crippen LogP contribution in [0.15, 0.2) is 30.4 Å². The Kier molecular flexibility index (Phi) is 6.27.